The fraction of sp³-hybridized carbons (Fsp3) is 0.591. The number of nitrogens with zero attached hydrogens (tertiary/aromatic N) is 2. The Bertz CT molecular complexity index is 687. The number of nitrogens with one attached hydrogen (secondary N) is 1. The van der Waals surface area contributed by atoms with Crippen LogP contribution in [0.3, 0.4) is 0 Å². The minimum absolute atomic E-state index is 0.705. The molecule has 0 bridgehead atoms. The van der Waals surface area contributed by atoms with E-state index in [9.17, 15) is 0 Å². The SMILES string of the molecule is COc1cc(NCCCN(CC(C)C)CC(C)C)c2nc(C)ccc2c1. The van der Waals surface area contributed by atoms with Gasteiger partial charge in [-0.05, 0) is 43.9 Å². The van der Waals surface area contributed by atoms with E-state index in [0.29, 0.717) is 11.8 Å². The molecule has 1 N–H and O–H groups in total. The Hall–Kier alpha value is -1.81. The molecule has 0 aliphatic carbocycles. The van der Waals surface area contributed by atoms with E-state index < -0.39 is 0 Å². The Morgan fingerprint density at radius 1 is 1.08 bits per heavy atom. The van der Waals surface area contributed by atoms with Gasteiger partial charge in [0.1, 0.15) is 5.75 Å². The molecule has 4 heteroatoms. The van der Waals surface area contributed by atoms with E-state index in [1.807, 2.05) is 19.1 Å². The third-order valence-electron chi connectivity index (χ3n) is 4.35. The number of benzene rings is 1. The van der Waals surface area contributed by atoms with Crippen molar-refractivity contribution in [1.29, 1.82) is 0 Å². The summed E-state index contributed by atoms with van der Waals surface area (Å²) < 4.78 is 5.45. The lowest BCUT2D eigenvalue weighted by molar-refractivity contribution is 0.219. The summed E-state index contributed by atoms with van der Waals surface area (Å²) in [5.41, 5.74) is 3.11. The van der Waals surface area contributed by atoms with Crippen molar-refractivity contribution in [3.63, 3.8) is 0 Å². The van der Waals surface area contributed by atoms with Gasteiger partial charge in [-0.1, -0.05) is 33.8 Å². The van der Waals surface area contributed by atoms with Crippen LogP contribution in [0.2, 0.25) is 0 Å². The highest BCUT2D eigenvalue weighted by Gasteiger charge is 2.10. The zero-order chi connectivity index (χ0) is 19.1. The quantitative estimate of drug-likeness (QED) is 0.609. The maximum Gasteiger partial charge on any atom is 0.121 e. The molecule has 1 aromatic carbocycles. The molecule has 0 fully saturated rings. The molecular weight excluding hydrogens is 322 g/mol. The topological polar surface area (TPSA) is 37.4 Å². The molecule has 0 saturated heterocycles. The number of ether oxygens (including phenoxy) is 1. The minimum Gasteiger partial charge on any atom is -0.497 e. The highest BCUT2D eigenvalue weighted by molar-refractivity contribution is 5.92. The van der Waals surface area contributed by atoms with Crippen molar-refractivity contribution in [3.8, 4) is 5.75 Å². The summed E-state index contributed by atoms with van der Waals surface area (Å²) in [6.45, 7) is 15.6. The first kappa shape index (κ1) is 20.5. The number of aromatic nitrogens is 1. The summed E-state index contributed by atoms with van der Waals surface area (Å²) >= 11 is 0. The molecule has 0 saturated carbocycles. The summed E-state index contributed by atoms with van der Waals surface area (Å²) in [6, 6.07) is 8.24. The highest BCUT2D eigenvalue weighted by Crippen LogP contribution is 2.28. The van der Waals surface area contributed by atoms with Crippen LogP contribution in [-0.4, -0.2) is 43.2 Å². The van der Waals surface area contributed by atoms with Gasteiger partial charge in [-0.25, -0.2) is 0 Å². The van der Waals surface area contributed by atoms with Crippen molar-refractivity contribution in [2.45, 2.75) is 41.0 Å². The van der Waals surface area contributed by atoms with Crippen molar-refractivity contribution in [2.75, 3.05) is 38.6 Å². The van der Waals surface area contributed by atoms with E-state index >= 15 is 0 Å². The van der Waals surface area contributed by atoms with Gasteiger partial charge in [0.15, 0.2) is 0 Å². The number of pyridine rings is 1. The Balaban J connectivity index is 2.01. The Morgan fingerprint density at radius 2 is 1.77 bits per heavy atom. The monoisotopic (exact) mass is 357 g/mol. The molecular formula is C22H35N3O. The summed E-state index contributed by atoms with van der Waals surface area (Å²) in [5.74, 6) is 2.28. The van der Waals surface area contributed by atoms with Crippen molar-refractivity contribution >= 4 is 16.6 Å². The third kappa shape index (κ3) is 6.17. The molecule has 0 aliphatic heterocycles. The molecule has 0 aliphatic rings. The average Bonchev–Trinajstić information content (AvgIpc) is 2.57. The number of anilines is 1. The van der Waals surface area contributed by atoms with Crippen LogP contribution < -0.4 is 10.1 Å². The van der Waals surface area contributed by atoms with Gasteiger partial charge in [0.05, 0.1) is 18.3 Å². The molecule has 1 aromatic heterocycles. The molecule has 2 rings (SSSR count). The number of methoxy groups -OCH3 is 1. The first-order chi connectivity index (χ1) is 12.4. The number of hydrogen-bond acceptors (Lipinski definition) is 4. The number of aryl methyl sites for hydroxylation is 1. The standard InChI is InChI=1S/C22H35N3O/c1-16(2)14-25(15-17(3)4)11-7-10-23-21-13-20(26-6)12-19-9-8-18(5)24-22(19)21/h8-9,12-13,16-17,23H,7,10-11,14-15H2,1-6H3. The fourth-order valence-corrected chi connectivity index (χ4v) is 3.37. The average molecular weight is 358 g/mol. The minimum atomic E-state index is 0.705. The molecule has 0 atom stereocenters. The van der Waals surface area contributed by atoms with Crippen molar-refractivity contribution in [1.82, 2.24) is 9.88 Å². The predicted molar refractivity (Wildman–Crippen MR) is 112 cm³/mol. The van der Waals surface area contributed by atoms with Crippen LogP contribution in [0.15, 0.2) is 24.3 Å². The molecule has 0 amide bonds. The van der Waals surface area contributed by atoms with Crippen LogP contribution >= 0.6 is 0 Å². The molecule has 0 unspecified atom stereocenters. The lowest BCUT2D eigenvalue weighted by Gasteiger charge is -2.26. The van der Waals surface area contributed by atoms with E-state index in [4.69, 9.17) is 9.72 Å². The Kier molecular flexibility index (Phi) is 7.70. The molecule has 144 valence electrons. The second-order valence-corrected chi connectivity index (χ2v) is 8.03. The van der Waals surface area contributed by atoms with Crippen LogP contribution in [0.25, 0.3) is 10.9 Å². The van der Waals surface area contributed by atoms with E-state index in [2.05, 4.69) is 50.0 Å². The largest absolute Gasteiger partial charge is 0.497 e. The van der Waals surface area contributed by atoms with Crippen molar-refractivity contribution in [2.24, 2.45) is 11.8 Å². The zero-order valence-corrected chi connectivity index (χ0v) is 17.3. The van der Waals surface area contributed by atoms with E-state index in [1.54, 1.807) is 7.11 Å². The van der Waals surface area contributed by atoms with Gasteiger partial charge in [-0.15, -0.1) is 0 Å². The van der Waals surface area contributed by atoms with Gasteiger partial charge in [-0.2, -0.15) is 0 Å². The fourth-order valence-electron chi connectivity index (χ4n) is 3.37. The molecule has 4 nitrogen and oxygen atoms in total. The lowest BCUT2D eigenvalue weighted by Crippen LogP contribution is -2.33. The van der Waals surface area contributed by atoms with Crippen LogP contribution in [0.1, 0.15) is 39.8 Å². The summed E-state index contributed by atoms with van der Waals surface area (Å²) in [7, 11) is 1.71. The highest BCUT2D eigenvalue weighted by atomic mass is 16.5. The van der Waals surface area contributed by atoms with Crippen LogP contribution in [0.5, 0.6) is 5.75 Å². The molecule has 2 aromatic rings. The van der Waals surface area contributed by atoms with Gasteiger partial charge in [0, 0.05) is 36.8 Å². The third-order valence-corrected chi connectivity index (χ3v) is 4.35. The number of hydrogen-bond donors (Lipinski definition) is 1. The van der Waals surface area contributed by atoms with E-state index in [1.165, 1.54) is 13.1 Å². The maximum absolute atomic E-state index is 5.45. The number of fused-ring (bicyclic) bond motifs is 1. The Labute approximate surface area is 159 Å². The summed E-state index contributed by atoms with van der Waals surface area (Å²) in [4.78, 5) is 7.30. The van der Waals surface area contributed by atoms with Crippen LogP contribution in [0, 0.1) is 18.8 Å². The predicted octanol–water partition coefficient (Wildman–Crippen LogP) is 4.97. The maximum atomic E-state index is 5.45. The van der Waals surface area contributed by atoms with E-state index in [-0.39, 0.29) is 0 Å². The second-order valence-electron chi connectivity index (χ2n) is 8.03. The van der Waals surface area contributed by atoms with Crippen LogP contribution in [0.4, 0.5) is 5.69 Å². The molecule has 0 spiro atoms. The van der Waals surface area contributed by atoms with Gasteiger partial charge >= 0.3 is 0 Å². The first-order valence-electron chi connectivity index (χ1n) is 9.80. The van der Waals surface area contributed by atoms with Crippen molar-refractivity contribution in [3.05, 3.63) is 30.0 Å². The van der Waals surface area contributed by atoms with Crippen LogP contribution in [-0.2, 0) is 0 Å². The smallest absolute Gasteiger partial charge is 0.121 e. The van der Waals surface area contributed by atoms with Crippen molar-refractivity contribution < 1.29 is 4.74 Å². The van der Waals surface area contributed by atoms with Gasteiger partial charge in [-0.3, -0.25) is 4.98 Å². The Morgan fingerprint density at radius 3 is 2.38 bits per heavy atom. The normalized spacial score (nSPS) is 11.7. The first-order valence-corrected chi connectivity index (χ1v) is 9.80. The molecule has 0 radical (unpaired) electrons. The second kappa shape index (κ2) is 9.77. The number of rotatable bonds is 10. The van der Waals surface area contributed by atoms with E-state index in [0.717, 1.165) is 47.5 Å². The van der Waals surface area contributed by atoms with Gasteiger partial charge < -0.3 is 15.0 Å². The van der Waals surface area contributed by atoms with Gasteiger partial charge in [0.2, 0.25) is 0 Å². The lowest BCUT2D eigenvalue weighted by atomic mass is 10.1. The molecule has 1 heterocycles. The molecule has 26 heavy (non-hydrogen) atoms. The van der Waals surface area contributed by atoms with Gasteiger partial charge in [0.25, 0.3) is 0 Å². The summed E-state index contributed by atoms with van der Waals surface area (Å²) in [5, 5.41) is 4.69. The zero-order valence-electron chi connectivity index (χ0n) is 17.3. The summed E-state index contributed by atoms with van der Waals surface area (Å²) in [6.07, 6.45) is 1.12.